The quantitative estimate of drug-likeness (QED) is 0.526. The minimum atomic E-state index is -0.474. The van der Waals surface area contributed by atoms with Crippen LogP contribution in [-0.4, -0.2) is 10.1 Å². The van der Waals surface area contributed by atoms with Gasteiger partial charge in [-0.15, -0.1) is 0 Å². The average molecular weight is 276 g/mol. The smallest absolute Gasteiger partial charge is 0.270 e. The van der Waals surface area contributed by atoms with Crippen molar-refractivity contribution >= 4 is 28.1 Å². The van der Waals surface area contributed by atoms with E-state index in [0.29, 0.717) is 5.56 Å². The predicted molar refractivity (Wildman–Crippen MR) is 75.6 cm³/mol. The molecule has 0 atom stereocenters. The molecule has 0 aliphatic carbocycles. The van der Waals surface area contributed by atoms with Crippen molar-refractivity contribution in [1.29, 1.82) is 0 Å². The Hall–Kier alpha value is -2.40. The molecule has 0 heterocycles. The van der Waals surface area contributed by atoms with Crippen molar-refractivity contribution in [2.75, 3.05) is 5.43 Å². The number of benzene rings is 2. The summed E-state index contributed by atoms with van der Waals surface area (Å²) in [5.74, 6) is 0. The zero-order valence-electron chi connectivity index (χ0n) is 9.79. The maximum atomic E-state index is 10.7. The SMILES string of the molecule is O=[N+]([O-])c1cccc(/C(Cl)=N/Nc2ccccc2)c1. The molecule has 19 heavy (non-hydrogen) atoms. The van der Waals surface area contributed by atoms with Crippen molar-refractivity contribution in [3.63, 3.8) is 0 Å². The lowest BCUT2D eigenvalue weighted by molar-refractivity contribution is -0.384. The summed E-state index contributed by atoms with van der Waals surface area (Å²) in [5, 5.41) is 14.8. The highest BCUT2D eigenvalue weighted by Gasteiger charge is 2.08. The van der Waals surface area contributed by atoms with E-state index in [1.54, 1.807) is 12.1 Å². The summed E-state index contributed by atoms with van der Waals surface area (Å²) in [5.41, 5.74) is 4.02. The molecule has 6 heteroatoms. The van der Waals surface area contributed by atoms with Crippen LogP contribution in [0.1, 0.15) is 5.56 Å². The fourth-order valence-corrected chi connectivity index (χ4v) is 1.60. The number of para-hydroxylation sites is 1. The molecule has 0 radical (unpaired) electrons. The van der Waals surface area contributed by atoms with Gasteiger partial charge in [0.25, 0.3) is 5.69 Å². The summed E-state index contributed by atoms with van der Waals surface area (Å²) in [6.07, 6.45) is 0. The Kier molecular flexibility index (Phi) is 4.10. The first-order valence-electron chi connectivity index (χ1n) is 5.46. The van der Waals surface area contributed by atoms with E-state index in [2.05, 4.69) is 10.5 Å². The van der Waals surface area contributed by atoms with Crippen LogP contribution < -0.4 is 5.43 Å². The van der Waals surface area contributed by atoms with E-state index in [9.17, 15) is 10.1 Å². The summed E-state index contributed by atoms with van der Waals surface area (Å²) in [6.45, 7) is 0. The summed E-state index contributed by atoms with van der Waals surface area (Å²) in [6, 6.07) is 15.3. The van der Waals surface area contributed by atoms with Crippen molar-refractivity contribution in [2.45, 2.75) is 0 Å². The van der Waals surface area contributed by atoms with E-state index < -0.39 is 4.92 Å². The van der Waals surface area contributed by atoms with Crippen LogP contribution in [0.15, 0.2) is 59.7 Å². The van der Waals surface area contributed by atoms with Crippen molar-refractivity contribution in [3.8, 4) is 0 Å². The Balaban J connectivity index is 2.17. The zero-order valence-corrected chi connectivity index (χ0v) is 10.5. The number of hydrogen-bond donors (Lipinski definition) is 1. The first-order valence-corrected chi connectivity index (χ1v) is 5.83. The van der Waals surface area contributed by atoms with Crippen molar-refractivity contribution in [1.82, 2.24) is 0 Å². The number of nitro benzene ring substituents is 1. The average Bonchev–Trinajstić information content (AvgIpc) is 2.46. The number of hydrazone groups is 1. The molecule has 2 aromatic rings. The Labute approximate surface area is 114 Å². The first-order chi connectivity index (χ1) is 9.16. The lowest BCUT2D eigenvalue weighted by atomic mass is 10.2. The number of halogens is 1. The molecule has 96 valence electrons. The van der Waals surface area contributed by atoms with Gasteiger partial charge in [-0.1, -0.05) is 41.9 Å². The zero-order chi connectivity index (χ0) is 13.7. The monoisotopic (exact) mass is 275 g/mol. The normalized spacial score (nSPS) is 11.1. The maximum Gasteiger partial charge on any atom is 0.270 e. The highest BCUT2D eigenvalue weighted by molar-refractivity contribution is 6.69. The van der Waals surface area contributed by atoms with Crippen LogP contribution in [0.2, 0.25) is 0 Å². The second kappa shape index (κ2) is 5.97. The second-order valence-electron chi connectivity index (χ2n) is 3.69. The third kappa shape index (κ3) is 3.53. The molecular formula is C13H10ClN3O2. The highest BCUT2D eigenvalue weighted by Crippen LogP contribution is 2.15. The van der Waals surface area contributed by atoms with Gasteiger partial charge >= 0.3 is 0 Å². The molecule has 2 rings (SSSR count). The van der Waals surface area contributed by atoms with E-state index in [4.69, 9.17) is 11.6 Å². The summed E-state index contributed by atoms with van der Waals surface area (Å²) < 4.78 is 0. The molecule has 2 aromatic carbocycles. The van der Waals surface area contributed by atoms with Crippen molar-refractivity contribution < 1.29 is 4.92 Å². The molecule has 1 N–H and O–H groups in total. The number of rotatable bonds is 4. The van der Waals surface area contributed by atoms with Gasteiger partial charge in [-0.05, 0) is 12.1 Å². The third-order valence-corrected chi connectivity index (χ3v) is 2.65. The molecule has 0 aromatic heterocycles. The van der Waals surface area contributed by atoms with Gasteiger partial charge in [0, 0.05) is 17.7 Å². The van der Waals surface area contributed by atoms with E-state index in [-0.39, 0.29) is 10.9 Å². The third-order valence-electron chi connectivity index (χ3n) is 2.35. The standard InChI is InChI=1S/C13H10ClN3O2/c14-13(16-15-11-6-2-1-3-7-11)10-5-4-8-12(9-10)17(18)19/h1-9,15H/b16-13-. The Morgan fingerprint density at radius 3 is 2.58 bits per heavy atom. The molecule has 0 aliphatic rings. The molecule has 0 saturated heterocycles. The van der Waals surface area contributed by atoms with Gasteiger partial charge in [0.15, 0.2) is 5.17 Å². The van der Waals surface area contributed by atoms with E-state index in [1.165, 1.54) is 12.1 Å². The van der Waals surface area contributed by atoms with Crippen LogP contribution in [0, 0.1) is 10.1 Å². The molecule has 0 spiro atoms. The van der Waals surface area contributed by atoms with Crippen LogP contribution in [0.4, 0.5) is 11.4 Å². The first kappa shape index (κ1) is 13.0. The molecule has 0 fully saturated rings. The van der Waals surface area contributed by atoms with Crippen LogP contribution >= 0.6 is 11.6 Å². The van der Waals surface area contributed by atoms with Crippen LogP contribution in [0.3, 0.4) is 0 Å². The van der Waals surface area contributed by atoms with Gasteiger partial charge in [0.05, 0.1) is 10.6 Å². The fourth-order valence-electron chi connectivity index (χ4n) is 1.44. The maximum absolute atomic E-state index is 10.7. The van der Waals surface area contributed by atoms with Gasteiger partial charge in [-0.3, -0.25) is 15.5 Å². The molecular weight excluding hydrogens is 266 g/mol. The van der Waals surface area contributed by atoms with E-state index in [0.717, 1.165) is 5.69 Å². The predicted octanol–water partition coefficient (Wildman–Crippen LogP) is 3.61. The number of non-ortho nitro benzene ring substituents is 1. The molecule has 0 unspecified atom stereocenters. The van der Waals surface area contributed by atoms with E-state index >= 15 is 0 Å². The number of nitrogens with one attached hydrogen (secondary N) is 1. The number of hydrogen-bond acceptors (Lipinski definition) is 4. The summed E-state index contributed by atoms with van der Waals surface area (Å²) in [7, 11) is 0. The van der Waals surface area contributed by atoms with Crippen LogP contribution in [0.5, 0.6) is 0 Å². The van der Waals surface area contributed by atoms with Gasteiger partial charge in [-0.2, -0.15) is 5.10 Å². The number of anilines is 1. The minimum absolute atomic E-state index is 0.0226. The highest BCUT2D eigenvalue weighted by atomic mass is 35.5. The van der Waals surface area contributed by atoms with Gasteiger partial charge in [0.2, 0.25) is 0 Å². The lowest BCUT2D eigenvalue weighted by Crippen LogP contribution is -1.98. The molecule has 5 nitrogen and oxygen atoms in total. The van der Waals surface area contributed by atoms with Gasteiger partial charge in [0.1, 0.15) is 0 Å². The molecule has 0 saturated carbocycles. The van der Waals surface area contributed by atoms with Crippen LogP contribution in [0.25, 0.3) is 0 Å². The Bertz CT molecular complexity index is 614. The van der Waals surface area contributed by atoms with E-state index in [1.807, 2.05) is 30.3 Å². The minimum Gasteiger partial charge on any atom is -0.277 e. The Morgan fingerprint density at radius 1 is 1.16 bits per heavy atom. The summed E-state index contributed by atoms with van der Waals surface area (Å²) in [4.78, 5) is 10.2. The fraction of sp³-hybridized carbons (Fsp3) is 0. The number of nitro groups is 1. The lowest BCUT2D eigenvalue weighted by Gasteiger charge is -2.01. The molecule has 0 amide bonds. The van der Waals surface area contributed by atoms with Gasteiger partial charge in [-0.25, -0.2) is 0 Å². The molecule has 0 bridgehead atoms. The molecule has 0 aliphatic heterocycles. The van der Waals surface area contributed by atoms with Crippen LogP contribution in [-0.2, 0) is 0 Å². The van der Waals surface area contributed by atoms with Crippen molar-refractivity contribution in [3.05, 3.63) is 70.3 Å². The second-order valence-corrected chi connectivity index (χ2v) is 4.05. The summed E-state index contributed by atoms with van der Waals surface area (Å²) >= 11 is 6.00. The van der Waals surface area contributed by atoms with Crippen molar-refractivity contribution in [2.24, 2.45) is 5.10 Å². The Morgan fingerprint density at radius 2 is 1.89 bits per heavy atom. The van der Waals surface area contributed by atoms with Gasteiger partial charge < -0.3 is 0 Å². The largest absolute Gasteiger partial charge is 0.277 e. The number of nitrogens with zero attached hydrogens (tertiary/aromatic N) is 2. The topological polar surface area (TPSA) is 67.5 Å².